The van der Waals surface area contributed by atoms with Crippen LogP contribution in [0, 0.1) is 5.92 Å². The maximum atomic E-state index is 12.3. The van der Waals surface area contributed by atoms with Gasteiger partial charge >= 0.3 is 6.03 Å². The zero-order valence-corrected chi connectivity index (χ0v) is 22.0. The van der Waals surface area contributed by atoms with E-state index in [2.05, 4.69) is 34.9 Å². The molecule has 0 bridgehead atoms. The van der Waals surface area contributed by atoms with E-state index in [4.69, 9.17) is 33.2 Å². The average molecular weight is 528 g/mol. The summed E-state index contributed by atoms with van der Waals surface area (Å²) in [5.41, 5.74) is 3.02. The number of halogens is 3. The third-order valence-electron chi connectivity index (χ3n) is 6.52. The van der Waals surface area contributed by atoms with Gasteiger partial charge in [0.2, 0.25) is 5.95 Å². The summed E-state index contributed by atoms with van der Waals surface area (Å²) in [7, 11) is 4.10. The van der Waals surface area contributed by atoms with Crippen molar-refractivity contribution < 1.29 is 4.79 Å². The van der Waals surface area contributed by atoms with Crippen molar-refractivity contribution in [3.63, 3.8) is 0 Å². The lowest BCUT2D eigenvalue weighted by atomic mass is 9.86. The van der Waals surface area contributed by atoms with Gasteiger partial charge in [0, 0.05) is 32.2 Å². The summed E-state index contributed by atoms with van der Waals surface area (Å²) in [6.45, 7) is 0.636. The second-order valence-electron chi connectivity index (χ2n) is 9.20. The van der Waals surface area contributed by atoms with Crippen molar-refractivity contribution >= 4 is 59.1 Å². The lowest BCUT2D eigenvalue weighted by Gasteiger charge is -2.30. The summed E-state index contributed by atoms with van der Waals surface area (Å²) in [5.74, 6) is 2.25. The van der Waals surface area contributed by atoms with Crippen LogP contribution in [0.15, 0.2) is 18.2 Å². The SMILES string of the molecule is CN(C)c1nc(N[C@H]2CC[C@@H](CNC(=O)Nc3cccc(Cl)c3Cl)CC2)nc2c1CCCC2.Cl. The fourth-order valence-corrected chi connectivity index (χ4v) is 5.05. The molecule has 186 valence electrons. The molecule has 0 unspecified atom stereocenters. The van der Waals surface area contributed by atoms with Crippen LogP contribution in [-0.4, -0.2) is 42.7 Å². The zero-order chi connectivity index (χ0) is 23.4. The second-order valence-corrected chi connectivity index (χ2v) is 9.98. The van der Waals surface area contributed by atoms with Gasteiger partial charge in [-0.05, 0) is 69.4 Å². The number of hydrogen-bond acceptors (Lipinski definition) is 5. The van der Waals surface area contributed by atoms with E-state index in [1.807, 2.05) is 0 Å². The molecule has 1 saturated carbocycles. The predicted octanol–water partition coefficient (Wildman–Crippen LogP) is 5.94. The molecule has 10 heteroatoms. The molecule has 3 N–H and O–H groups in total. The highest BCUT2D eigenvalue weighted by atomic mass is 35.5. The maximum Gasteiger partial charge on any atom is 0.319 e. The summed E-state index contributed by atoms with van der Waals surface area (Å²) < 4.78 is 0. The number of nitrogens with zero attached hydrogens (tertiary/aromatic N) is 3. The van der Waals surface area contributed by atoms with Crippen LogP contribution in [-0.2, 0) is 12.8 Å². The Bertz CT molecular complexity index is 995. The molecule has 2 aliphatic rings. The molecule has 0 aliphatic heterocycles. The summed E-state index contributed by atoms with van der Waals surface area (Å²) in [6.07, 6.45) is 8.67. The van der Waals surface area contributed by atoms with Crippen molar-refractivity contribution in [2.45, 2.75) is 57.4 Å². The van der Waals surface area contributed by atoms with Gasteiger partial charge in [0.1, 0.15) is 5.82 Å². The Hall–Kier alpha value is -1.96. The topological polar surface area (TPSA) is 82.2 Å². The molecule has 0 radical (unpaired) electrons. The summed E-state index contributed by atoms with van der Waals surface area (Å²) in [6, 6.07) is 5.27. The molecule has 4 rings (SSSR count). The highest BCUT2D eigenvalue weighted by molar-refractivity contribution is 6.43. The van der Waals surface area contributed by atoms with Crippen LogP contribution in [0.2, 0.25) is 10.0 Å². The Morgan fingerprint density at radius 3 is 2.56 bits per heavy atom. The van der Waals surface area contributed by atoms with Crippen LogP contribution in [0.4, 0.5) is 22.2 Å². The van der Waals surface area contributed by atoms with E-state index >= 15 is 0 Å². The van der Waals surface area contributed by atoms with Gasteiger partial charge in [0.15, 0.2) is 0 Å². The molecule has 1 heterocycles. The zero-order valence-electron chi connectivity index (χ0n) is 19.7. The van der Waals surface area contributed by atoms with E-state index in [1.54, 1.807) is 18.2 Å². The molecule has 34 heavy (non-hydrogen) atoms. The number of hydrogen-bond donors (Lipinski definition) is 3. The Morgan fingerprint density at radius 2 is 1.82 bits per heavy atom. The standard InChI is InChI=1S/C24H32Cl2N6O.ClH/c1-32(2)22-17-6-3-4-8-19(17)29-23(31-22)28-16-12-10-15(11-13-16)14-27-24(33)30-20-9-5-7-18(25)21(20)26;/h5,7,9,15-16H,3-4,6,8,10-14H2,1-2H3,(H2,27,30,33)(H,28,29,31);1H/t15-,16+;. The Kier molecular flexibility index (Phi) is 9.51. The molecule has 2 aromatic rings. The van der Waals surface area contributed by atoms with Crippen LogP contribution in [0.3, 0.4) is 0 Å². The average Bonchev–Trinajstić information content (AvgIpc) is 2.81. The number of benzene rings is 1. The number of anilines is 3. The van der Waals surface area contributed by atoms with Gasteiger partial charge in [-0.1, -0.05) is 29.3 Å². The second kappa shape index (κ2) is 12.1. The maximum absolute atomic E-state index is 12.3. The molecule has 2 aliphatic carbocycles. The first kappa shape index (κ1) is 26.6. The van der Waals surface area contributed by atoms with Crippen molar-refractivity contribution in [1.82, 2.24) is 15.3 Å². The molecule has 7 nitrogen and oxygen atoms in total. The first-order valence-corrected chi connectivity index (χ1v) is 12.5. The normalized spacial score (nSPS) is 19.4. The molecule has 0 saturated heterocycles. The van der Waals surface area contributed by atoms with Crippen LogP contribution in [0.5, 0.6) is 0 Å². The smallest absolute Gasteiger partial charge is 0.319 e. The highest BCUT2D eigenvalue weighted by Crippen LogP contribution is 2.31. The van der Waals surface area contributed by atoms with Gasteiger partial charge in [0.25, 0.3) is 0 Å². The number of aromatic nitrogens is 2. The van der Waals surface area contributed by atoms with Crippen LogP contribution >= 0.6 is 35.6 Å². The van der Waals surface area contributed by atoms with E-state index in [9.17, 15) is 4.79 Å². The van der Waals surface area contributed by atoms with E-state index in [0.29, 0.717) is 34.2 Å². The molecule has 1 aromatic carbocycles. The molecular weight excluding hydrogens is 495 g/mol. The van der Waals surface area contributed by atoms with Gasteiger partial charge in [-0.15, -0.1) is 12.4 Å². The van der Waals surface area contributed by atoms with Crippen molar-refractivity contribution in [3.8, 4) is 0 Å². The van der Waals surface area contributed by atoms with Crippen LogP contribution < -0.4 is 20.9 Å². The molecule has 2 amide bonds. The first-order chi connectivity index (χ1) is 15.9. The summed E-state index contributed by atoms with van der Waals surface area (Å²) in [5, 5.41) is 10.1. The minimum Gasteiger partial charge on any atom is -0.362 e. The Morgan fingerprint density at radius 1 is 1.09 bits per heavy atom. The molecular formula is C24H33Cl3N6O. The number of nitrogens with one attached hydrogen (secondary N) is 3. The monoisotopic (exact) mass is 526 g/mol. The number of urea groups is 1. The lowest BCUT2D eigenvalue weighted by molar-refractivity contribution is 0.246. The van der Waals surface area contributed by atoms with Crippen LogP contribution in [0.25, 0.3) is 0 Å². The lowest BCUT2D eigenvalue weighted by Crippen LogP contribution is -2.36. The van der Waals surface area contributed by atoms with E-state index in [0.717, 1.165) is 50.3 Å². The van der Waals surface area contributed by atoms with E-state index in [-0.39, 0.29) is 18.4 Å². The van der Waals surface area contributed by atoms with Gasteiger partial charge in [-0.3, -0.25) is 0 Å². The van der Waals surface area contributed by atoms with Gasteiger partial charge in [-0.25, -0.2) is 9.78 Å². The van der Waals surface area contributed by atoms with Gasteiger partial charge in [-0.2, -0.15) is 4.98 Å². The third-order valence-corrected chi connectivity index (χ3v) is 7.33. The quantitative estimate of drug-likeness (QED) is 0.433. The first-order valence-electron chi connectivity index (χ1n) is 11.7. The number of rotatable bonds is 6. The fraction of sp³-hybridized carbons (Fsp3) is 0.542. The van der Waals surface area contributed by atoms with E-state index in [1.165, 1.54) is 24.1 Å². The van der Waals surface area contributed by atoms with Crippen molar-refractivity contribution in [1.29, 1.82) is 0 Å². The summed E-state index contributed by atoms with van der Waals surface area (Å²) in [4.78, 5) is 24.0. The van der Waals surface area contributed by atoms with E-state index < -0.39 is 0 Å². The minimum absolute atomic E-state index is 0. The molecule has 0 atom stereocenters. The number of carbonyl (C=O) groups excluding carboxylic acids is 1. The van der Waals surface area contributed by atoms with Gasteiger partial charge in [0.05, 0.1) is 21.4 Å². The van der Waals surface area contributed by atoms with Crippen molar-refractivity contribution in [2.75, 3.05) is 36.2 Å². The van der Waals surface area contributed by atoms with Crippen molar-refractivity contribution in [3.05, 3.63) is 39.5 Å². The number of fused-ring (bicyclic) bond motifs is 1. The third kappa shape index (κ3) is 6.58. The number of aryl methyl sites for hydroxylation is 1. The largest absolute Gasteiger partial charge is 0.362 e. The Balaban J connectivity index is 0.00000324. The van der Waals surface area contributed by atoms with Crippen LogP contribution in [0.1, 0.15) is 49.8 Å². The molecule has 1 fully saturated rings. The fourth-order valence-electron chi connectivity index (χ4n) is 4.71. The highest BCUT2D eigenvalue weighted by Gasteiger charge is 2.24. The van der Waals surface area contributed by atoms with Crippen molar-refractivity contribution in [2.24, 2.45) is 5.92 Å². The number of amides is 2. The predicted molar refractivity (Wildman–Crippen MR) is 143 cm³/mol. The minimum atomic E-state index is -0.266. The molecule has 1 aromatic heterocycles. The number of carbonyl (C=O) groups is 1. The Labute approximate surface area is 217 Å². The van der Waals surface area contributed by atoms with Gasteiger partial charge < -0.3 is 20.9 Å². The molecule has 0 spiro atoms. The summed E-state index contributed by atoms with van der Waals surface area (Å²) >= 11 is 12.1.